The van der Waals surface area contributed by atoms with Crippen LogP contribution in [0.25, 0.3) is 0 Å². The summed E-state index contributed by atoms with van der Waals surface area (Å²) in [6, 6.07) is 0. The molecule has 0 bridgehead atoms. The van der Waals surface area contributed by atoms with Crippen LogP contribution in [0.3, 0.4) is 0 Å². The van der Waals surface area contributed by atoms with E-state index in [-0.39, 0.29) is 0 Å². The standard InChI is InChI=1S/C15H26O/c1-11-6-7-15(8-12(11)2)14-5-3-4-13(9-14)10-16/h10-15H,3-9H2,1-2H3. The highest BCUT2D eigenvalue weighted by molar-refractivity contribution is 5.53. The molecule has 0 aliphatic heterocycles. The maximum absolute atomic E-state index is 10.9. The molecule has 0 heterocycles. The molecule has 2 fully saturated rings. The van der Waals surface area contributed by atoms with E-state index < -0.39 is 0 Å². The van der Waals surface area contributed by atoms with Crippen LogP contribution in [0.1, 0.15) is 58.8 Å². The van der Waals surface area contributed by atoms with Crippen molar-refractivity contribution in [1.82, 2.24) is 0 Å². The van der Waals surface area contributed by atoms with E-state index in [2.05, 4.69) is 13.8 Å². The number of aldehydes is 1. The van der Waals surface area contributed by atoms with Gasteiger partial charge in [0.05, 0.1) is 0 Å². The first-order valence-corrected chi connectivity index (χ1v) is 7.16. The van der Waals surface area contributed by atoms with E-state index >= 15 is 0 Å². The molecule has 5 atom stereocenters. The summed E-state index contributed by atoms with van der Waals surface area (Å²) in [5.74, 6) is 3.98. The Labute approximate surface area is 100.0 Å². The van der Waals surface area contributed by atoms with E-state index in [1.807, 2.05) is 0 Å². The maximum atomic E-state index is 10.9. The fraction of sp³-hybridized carbons (Fsp3) is 0.933. The Morgan fingerprint density at radius 3 is 2.31 bits per heavy atom. The van der Waals surface area contributed by atoms with Crippen LogP contribution >= 0.6 is 0 Å². The normalized spacial score (nSPS) is 45.2. The number of rotatable bonds is 2. The zero-order valence-electron chi connectivity index (χ0n) is 10.8. The summed E-state index contributed by atoms with van der Waals surface area (Å²) in [5.41, 5.74) is 0. The average Bonchev–Trinajstić information content (AvgIpc) is 2.33. The summed E-state index contributed by atoms with van der Waals surface area (Å²) in [6.45, 7) is 4.81. The minimum absolute atomic E-state index is 0.383. The molecule has 5 unspecified atom stereocenters. The molecular formula is C15H26O. The first kappa shape index (κ1) is 12.1. The van der Waals surface area contributed by atoms with Crippen LogP contribution in [-0.4, -0.2) is 6.29 Å². The third-order valence-electron chi connectivity index (χ3n) is 5.25. The Morgan fingerprint density at radius 1 is 0.875 bits per heavy atom. The second-order valence-corrected chi connectivity index (χ2v) is 6.35. The summed E-state index contributed by atoms with van der Waals surface area (Å²) < 4.78 is 0. The topological polar surface area (TPSA) is 17.1 Å². The molecule has 2 aliphatic carbocycles. The van der Waals surface area contributed by atoms with Gasteiger partial charge in [0.1, 0.15) is 6.29 Å². The quantitative estimate of drug-likeness (QED) is 0.644. The molecule has 0 spiro atoms. The third kappa shape index (κ3) is 2.67. The van der Waals surface area contributed by atoms with Crippen molar-refractivity contribution in [2.45, 2.75) is 58.8 Å². The molecule has 2 saturated carbocycles. The molecule has 0 radical (unpaired) electrons. The van der Waals surface area contributed by atoms with Gasteiger partial charge >= 0.3 is 0 Å². The van der Waals surface area contributed by atoms with Gasteiger partial charge in [0.2, 0.25) is 0 Å². The summed E-state index contributed by atoms with van der Waals surface area (Å²) in [6.07, 6.45) is 10.5. The Balaban J connectivity index is 1.89. The minimum atomic E-state index is 0.383. The fourth-order valence-corrected chi connectivity index (χ4v) is 3.84. The van der Waals surface area contributed by atoms with Crippen LogP contribution in [0.15, 0.2) is 0 Å². The van der Waals surface area contributed by atoms with Gasteiger partial charge in [-0.3, -0.25) is 0 Å². The van der Waals surface area contributed by atoms with Gasteiger partial charge in [-0.05, 0) is 49.4 Å². The van der Waals surface area contributed by atoms with Gasteiger partial charge < -0.3 is 4.79 Å². The largest absolute Gasteiger partial charge is 0.303 e. The zero-order chi connectivity index (χ0) is 11.5. The van der Waals surface area contributed by atoms with Gasteiger partial charge in [0.25, 0.3) is 0 Å². The zero-order valence-corrected chi connectivity index (χ0v) is 10.8. The number of hydrogen-bond donors (Lipinski definition) is 0. The van der Waals surface area contributed by atoms with Crippen molar-refractivity contribution in [3.63, 3.8) is 0 Å². The number of carbonyl (C=O) groups is 1. The van der Waals surface area contributed by atoms with Crippen LogP contribution in [-0.2, 0) is 4.79 Å². The Hall–Kier alpha value is -0.330. The molecule has 92 valence electrons. The van der Waals surface area contributed by atoms with Gasteiger partial charge in [0.15, 0.2) is 0 Å². The second kappa shape index (κ2) is 5.33. The Morgan fingerprint density at radius 2 is 1.62 bits per heavy atom. The monoisotopic (exact) mass is 222 g/mol. The van der Waals surface area contributed by atoms with E-state index in [4.69, 9.17) is 0 Å². The van der Waals surface area contributed by atoms with Crippen molar-refractivity contribution >= 4 is 6.29 Å². The van der Waals surface area contributed by atoms with Gasteiger partial charge in [0, 0.05) is 5.92 Å². The summed E-state index contributed by atoms with van der Waals surface area (Å²) in [5, 5.41) is 0. The molecular weight excluding hydrogens is 196 g/mol. The smallest absolute Gasteiger partial charge is 0.123 e. The van der Waals surface area contributed by atoms with E-state index in [0.717, 1.165) is 30.1 Å². The van der Waals surface area contributed by atoms with E-state index in [9.17, 15) is 4.79 Å². The maximum Gasteiger partial charge on any atom is 0.123 e. The van der Waals surface area contributed by atoms with Crippen molar-refractivity contribution in [2.75, 3.05) is 0 Å². The fourth-order valence-electron chi connectivity index (χ4n) is 3.84. The van der Waals surface area contributed by atoms with Crippen molar-refractivity contribution in [3.05, 3.63) is 0 Å². The molecule has 1 heteroatoms. The summed E-state index contributed by atoms with van der Waals surface area (Å²) >= 11 is 0. The molecule has 0 aromatic carbocycles. The lowest BCUT2D eigenvalue weighted by Gasteiger charge is -2.39. The van der Waals surface area contributed by atoms with E-state index in [1.165, 1.54) is 44.8 Å². The van der Waals surface area contributed by atoms with Crippen molar-refractivity contribution in [2.24, 2.45) is 29.6 Å². The number of hydrogen-bond acceptors (Lipinski definition) is 1. The van der Waals surface area contributed by atoms with Crippen molar-refractivity contribution in [1.29, 1.82) is 0 Å². The molecule has 0 saturated heterocycles. The van der Waals surface area contributed by atoms with Gasteiger partial charge in [-0.15, -0.1) is 0 Å². The SMILES string of the molecule is CC1CCC(C2CCCC(C=O)C2)CC1C. The lowest BCUT2D eigenvalue weighted by atomic mass is 9.66. The lowest BCUT2D eigenvalue weighted by Crippen LogP contribution is -2.29. The summed E-state index contributed by atoms with van der Waals surface area (Å²) in [4.78, 5) is 10.9. The molecule has 0 aromatic rings. The highest BCUT2D eigenvalue weighted by Gasteiger charge is 2.32. The van der Waals surface area contributed by atoms with E-state index in [0.29, 0.717) is 5.92 Å². The Bertz CT molecular complexity index is 236. The molecule has 0 N–H and O–H groups in total. The van der Waals surface area contributed by atoms with Crippen LogP contribution in [0.2, 0.25) is 0 Å². The predicted octanol–water partition coefficient (Wildman–Crippen LogP) is 4.06. The summed E-state index contributed by atoms with van der Waals surface area (Å²) in [7, 11) is 0. The van der Waals surface area contributed by atoms with Crippen molar-refractivity contribution in [3.8, 4) is 0 Å². The van der Waals surface area contributed by atoms with Crippen molar-refractivity contribution < 1.29 is 4.79 Å². The first-order valence-electron chi connectivity index (χ1n) is 7.16. The molecule has 2 rings (SSSR count). The van der Waals surface area contributed by atoms with Crippen LogP contribution in [0, 0.1) is 29.6 Å². The molecule has 0 amide bonds. The second-order valence-electron chi connectivity index (χ2n) is 6.35. The van der Waals surface area contributed by atoms with E-state index in [1.54, 1.807) is 0 Å². The average molecular weight is 222 g/mol. The van der Waals surface area contributed by atoms with Gasteiger partial charge in [-0.25, -0.2) is 0 Å². The van der Waals surface area contributed by atoms with Crippen LogP contribution in [0.5, 0.6) is 0 Å². The third-order valence-corrected chi connectivity index (χ3v) is 5.25. The highest BCUT2D eigenvalue weighted by Crippen LogP contribution is 2.43. The first-order chi connectivity index (χ1) is 7.70. The van der Waals surface area contributed by atoms with Crippen LogP contribution < -0.4 is 0 Å². The molecule has 0 aromatic heterocycles. The predicted molar refractivity (Wildman–Crippen MR) is 67.2 cm³/mol. The van der Waals surface area contributed by atoms with Crippen LogP contribution in [0.4, 0.5) is 0 Å². The van der Waals surface area contributed by atoms with Gasteiger partial charge in [-0.1, -0.05) is 33.1 Å². The Kier molecular flexibility index (Phi) is 4.05. The number of carbonyl (C=O) groups excluding carboxylic acids is 1. The van der Waals surface area contributed by atoms with Gasteiger partial charge in [-0.2, -0.15) is 0 Å². The molecule has 1 nitrogen and oxygen atoms in total. The highest BCUT2D eigenvalue weighted by atomic mass is 16.1. The molecule has 16 heavy (non-hydrogen) atoms. The molecule has 2 aliphatic rings. The lowest BCUT2D eigenvalue weighted by molar-refractivity contribution is -0.112. The minimum Gasteiger partial charge on any atom is -0.303 e.